The average molecular weight is 544 g/mol. The molecule has 1 atom stereocenters. The maximum atomic E-state index is 13.8. The SMILES string of the molecule is COC(=O)[C@H](C)Oc1c(C=Nn2c(-c3cc(C(C)C)c(OC)cc3C)nc3ccccc3c2=O)cccc1OC. The first-order valence-corrected chi connectivity index (χ1v) is 12.9. The minimum Gasteiger partial charge on any atom is -0.496 e. The van der Waals surface area contributed by atoms with E-state index in [1.54, 1.807) is 50.4 Å². The highest BCUT2D eigenvalue weighted by Crippen LogP contribution is 2.34. The number of esters is 1. The van der Waals surface area contributed by atoms with Gasteiger partial charge in [0.15, 0.2) is 23.4 Å². The van der Waals surface area contributed by atoms with Crippen molar-refractivity contribution in [2.45, 2.75) is 39.7 Å². The van der Waals surface area contributed by atoms with Crippen molar-refractivity contribution < 1.29 is 23.7 Å². The number of fused-ring (bicyclic) bond motifs is 1. The van der Waals surface area contributed by atoms with Gasteiger partial charge in [-0.05, 0) is 67.3 Å². The van der Waals surface area contributed by atoms with Gasteiger partial charge in [-0.2, -0.15) is 9.78 Å². The third-order valence-electron chi connectivity index (χ3n) is 6.56. The molecule has 0 aliphatic carbocycles. The number of hydrogen-bond donors (Lipinski definition) is 0. The van der Waals surface area contributed by atoms with Gasteiger partial charge in [-0.3, -0.25) is 4.79 Å². The highest BCUT2D eigenvalue weighted by atomic mass is 16.6. The van der Waals surface area contributed by atoms with E-state index < -0.39 is 12.1 Å². The molecule has 0 aliphatic rings. The minimum absolute atomic E-state index is 0.173. The summed E-state index contributed by atoms with van der Waals surface area (Å²) >= 11 is 0. The van der Waals surface area contributed by atoms with Gasteiger partial charge in [0.25, 0.3) is 5.56 Å². The van der Waals surface area contributed by atoms with E-state index in [-0.39, 0.29) is 17.2 Å². The average Bonchev–Trinajstić information content (AvgIpc) is 2.96. The highest BCUT2D eigenvalue weighted by Gasteiger charge is 2.21. The predicted molar refractivity (Wildman–Crippen MR) is 155 cm³/mol. The van der Waals surface area contributed by atoms with Gasteiger partial charge < -0.3 is 18.9 Å². The van der Waals surface area contributed by atoms with Crippen LogP contribution in [-0.2, 0) is 9.53 Å². The molecule has 40 heavy (non-hydrogen) atoms. The first-order chi connectivity index (χ1) is 19.2. The molecule has 0 saturated heterocycles. The predicted octanol–water partition coefficient (Wildman–Crippen LogP) is 5.34. The summed E-state index contributed by atoms with van der Waals surface area (Å²) in [7, 11) is 4.43. The van der Waals surface area contributed by atoms with Crippen LogP contribution in [0.5, 0.6) is 17.2 Å². The minimum atomic E-state index is -0.898. The second-order valence-electron chi connectivity index (χ2n) is 9.54. The highest BCUT2D eigenvalue weighted by molar-refractivity contribution is 5.86. The smallest absolute Gasteiger partial charge is 0.346 e. The molecule has 0 unspecified atom stereocenters. The number of carbonyl (C=O) groups excluding carboxylic acids is 1. The largest absolute Gasteiger partial charge is 0.496 e. The lowest BCUT2D eigenvalue weighted by molar-refractivity contribution is -0.147. The van der Waals surface area contributed by atoms with Crippen LogP contribution < -0.4 is 19.8 Å². The van der Waals surface area contributed by atoms with Crippen molar-refractivity contribution in [2.24, 2.45) is 5.10 Å². The van der Waals surface area contributed by atoms with E-state index in [4.69, 9.17) is 23.9 Å². The van der Waals surface area contributed by atoms with Gasteiger partial charge in [-0.1, -0.05) is 32.0 Å². The third kappa shape index (κ3) is 5.54. The number of aromatic nitrogens is 2. The molecule has 0 aliphatic heterocycles. The van der Waals surface area contributed by atoms with E-state index in [2.05, 4.69) is 18.9 Å². The van der Waals surface area contributed by atoms with Gasteiger partial charge >= 0.3 is 5.97 Å². The molecule has 208 valence electrons. The number of carbonyl (C=O) groups is 1. The Labute approximate surface area is 233 Å². The van der Waals surface area contributed by atoms with Crippen molar-refractivity contribution in [2.75, 3.05) is 21.3 Å². The van der Waals surface area contributed by atoms with E-state index in [0.29, 0.717) is 28.0 Å². The van der Waals surface area contributed by atoms with Crippen LogP contribution in [0.4, 0.5) is 0 Å². The Bertz CT molecular complexity index is 1640. The Kier molecular flexibility index (Phi) is 8.52. The first-order valence-electron chi connectivity index (χ1n) is 12.9. The number of benzene rings is 3. The zero-order valence-corrected chi connectivity index (χ0v) is 23.7. The van der Waals surface area contributed by atoms with Crippen molar-refractivity contribution in [3.63, 3.8) is 0 Å². The van der Waals surface area contributed by atoms with Crippen molar-refractivity contribution in [1.29, 1.82) is 0 Å². The summed E-state index contributed by atoms with van der Waals surface area (Å²) in [6.07, 6.45) is 0.594. The Hall–Kier alpha value is -4.66. The lowest BCUT2D eigenvalue weighted by Gasteiger charge is -2.18. The summed E-state index contributed by atoms with van der Waals surface area (Å²) in [6.45, 7) is 7.68. The summed E-state index contributed by atoms with van der Waals surface area (Å²) in [5, 5.41) is 5.03. The molecule has 0 saturated carbocycles. The molecule has 9 nitrogen and oxygen atoms in total. The third-order valence-corrected chi connectivity index (χ3v) is 6.56. The van der Waals surface area contributed by atoms with Gasteiger partial charge in [0.2, 0.25) is 0 Å². The van der Waals surface area contributed by atoms with Gasteiger partial charge in [0.05, 0.1) is 38.4 Å². The van der Waals surface area contributed by atoms with Crippen LogP contribution in [0.15, 0.2) is 64.5 Å². The molecule has 3 aromatic carbocycles. The normalized spacial score (nSPS) is 12.1. The summed E-state index contributed by atoms with van der Waals surface area (Å²) in [4.78, 5) is 30.7. The lowest BCUT2D eigenvalue weighted by atomic mass is 9.96. The number of ether oxygens (including phenoxy) is 4. The number of nitrogens with zero attached hydrogens (tertiary/aromatic N) is 3. The number of methoxy groups -OCH3 is 3. The molecule has 9 heteroatoms. The fourth-order valence-electron chi connectivity index (χ4n) is 4.40. The van der Waals surface area contributed by atoms with Crippen LogP contribution in [0.3, 0.4) is 0 Å². The molecule has 0 amide bonds. The van der Waals surface area contributed by atoms with Gasteiger partial charge in [0.1, 0.15) is 5.75 Å². The summed E-state index contributed by atoms with van der Waals surface area (Å²) in [5.41, 5.74) is 3.35. The Morgan fingerprint density at radius 3 is 2.38 bits per heavy atom. The molecule has 1 aromatic heterocycles. The van der Waals surface area contributed by atoms with Gasteiger partial charge in [-0.15, -0.1) is 0 Å². The Morgan fingerprint density at radius 1 is 0.975 bits per heavy atom. The van der Waals surface area contributed by atoms with Crippen molar-refractivity contribution in [3.8, 4) is 28.6 Å². The molecule has 0 N–H and O–H groups in total. The zero-order chi connectivity index (χ0) is 29.0. The van der Waals surface area contributed by atoms with E-state index in [1.807, 2.05) is 25.1 Å². The lowest BCUT2D eigenvalue weighted by Crippen LogP contribution is -2.25. The first kappa shape index (κ1) is 28.4. The van der Waals surface area contributed by atoms with Crippen molar-refractivity contribution in [3.05, 3.63) is 81.6 Å². The number of hydrogen-bond acceptors (Lipinski definition) is 8. The topological polar surface area (TPSA) is 101 Å². The van der Waals surface area contributed by atoms with Gasteiger partial charge in [0, 0.05) is 11.1 Å². The standard InChI is InChI=1S/C31H33N3O6/c1-18(2)23-16-24(19(3)15-27(23)38-6)29-33-25-13-9-8-12-22(25)30(35)34(29)32-17-21-11-10-14-26(37-5)28(21)40-20(4)31(36)39-7/h8-18,20H,1-7H3/t20-/m0/s1. The second kappa shape index (κ2) is 12.0. The molecule has 1 heterocycles. The van der Waals surface area contributed by atoms with E-state index in [1.165, 1.54) is 25.1 Å². The fourth-order valence-corrected chi connectivity index (χ4v) is 4.40. The van der Waals surface area contributed by atoms with Gasteiger partial charge in [-0.25, -0.2) is 9.78 Å². The van der Waals surface area contributed by atoms with E-state index in [0.717, 1.165) is 22.4 Å². The molecule has 0 radical (unpaired) electrons. The summed E-state index contributed by atoms with van der Waals surface area (Å²) < 4.78 is 23.1. The van der Waals surface area contributed by atoms with Crippen LogP contribution in [0.1, 0.15) is 43.4 Å². The molecule has 4 rings (SSSR count). The van der Waals surface area contributed by atoms with E-state index >= 15 is 0 Å². The molecular weight excluding hydrogens is 510 g/mol. The quantitative estimate of drug-likeness (QED) is 0.208. The van der Waals surface area contributed by atoms with Crippen molar-refractivity contribution in [1.82, 2.24) is 9.66 Å². The Balaban J connectivity index is 1.94. The molecule has 0 spiro atoms. The summed E-state index contributed by atoms with van der Waals surface area (Å²) in [5.74, 6) is 1.48. The van der Waals surface area contributed by atoms with Crippen molar-refractivity contribution >= 4 is 23.1 Å². The fraction of sp³-hybridized carbons (Fsp3) is 0.290. The maximum absolute atomic E-state index is 13.8. The molecule has 0 fully saturated rings. The van der Waals surface area contributed by atoms with Crippen LogP contribution in [0, 0.1) is 6.92 Å². The Morgan fingerprint density at radius 2 is 1.70 bits per heavy atom. The zero-order valence-electron chi connectivity index (χ0n) is 23.7. The van der Waals surface area contributed by atoms with E-state index in [9.17, 15) is 9.59 Å². The number of para-hydroxylation sites is 2. The molecule has 0 bridgehead atoms. The number of rotatable bonds is 9. The van der Waals surface area contributed by atoms with Crippen LogP contribution in [-0.4, -0.2) is 49.3 Å². The molecule has 4 aromatic rings. The van der Waals surface area contributed by atoms with Crippen LogP contribution >= 0.6 is 0 Å². The van der Waals surface area contributed by atoms with Crippen LogP contribution in [0.2, 0.25) is 0 Å². The number of aryl methyl sites for hydroxylation is 1. The van der Waals surface area contributed by atoms with Crippen LogP contribution in [0.25, 0.3) is 22.3 Å². The monoisotopic (exact) mass is 543 g/mol. The maximum Gasteiger partial charge on any atom is 0.346 e. The molecular formula is C31H33N3O6. The second-order valence-corrected chi connectivity index (χ2v) is 9.54. The summed E-state index contributed by atoms with van der Waals surface area (Å²) in [6, 6.07) is 16.3.